The number of H-pyrrole nitrogens is 1. The van der Waals surface area contributed by atoms with Gasteiger partial charge in [0.1, 0.15) is 0 Å². The van der Waals surface area contributed by atoms with E-state index in [1.165, 1.54) is 27.8 Å². The molecule has 4 aromatic rings. The molecule has 0 unspecified atom stereocenters. The molecule has 1 heteroatoms. The molecule has 1 heterocycles. The maximum absolute atomic E-state index is 3.63. The van der Waals surface area contributed by atoms with Crippen molar-refractivity contribution in [3.8, 4) is 33.6 Å². The zero-order chi connectivity index (χ0) is 16.4. The van der Waals surface area contributed by atoms with E-state index >= 15 is 0 Å². The van der Waals surface area contributed by atoms with Crippen LogP contribution in [0.2, 0.25) is 0 Å². The van der Waals surface area contributed by atoms with Crippen molar-refractivity contribution in [2.75, 3.05) is 0 Å². The van der Waals surface area contributed by atoms with Crippen molar-refractivity contribution in [3.05, 3.63) is 96.6 Å². The van der Waals surface area contributed by atoms with Crippen molar-refractivity contribution in [1.82, 2.24) is 4.98 Å². The molecule has 4 rings (SSSR count). The highest BCUT2D eigenvalue weighted by Crippen LogP contribution is 2.35. The van der Waals surface area contributed by atoms with E-state index in [1.54, 1.807) is 0 Å². The highest BCUT2D eigenvalue weighted by molar-refractivity contribution is 5.85. The van der Waals surface area contributed by atoms with Crippen LogP contribution >= 0.6 is 0 Å². The van der Waals surface area contributed by atoms with Crippen LogP contribution in [0.4, 0.5) is 0 Å². The number of hydrogen-bond donors (Lipinski definition) is 1. The number of aromatic nitrogens is 1. The molecule has 0 spiro atoms. The smallest absolute Gasteiger partial charge is 0.0538 e. The molecule has 0 atom stereocenters. The average Bonchev–Trinajstić information content (AvgIpc) is 3.09. The summed E-state index contributed by atoms with van der Waals surface area (Å²) >= 11 is 0. The number of benzene rings is 3. The Kier molecular flexibility index (Phi) is 3.76. The van der Waals surface area contributed by atoms with Gasteiger partial charge in [-0.3, -0.25) is 0 Å². The lowest BCUT2D eigenvalue weighted by Gasteiger charge is -2.04. The van der Waals surface area contributed by atoms with Crippen molar-refractivity contribution in [1.29, 1.82) is 0 Å². The molecule has 0 saturated heterocycles. The SMILES string of the molecule is Cc1ccc(-c2cc(-c3ccccc3)c(-c3ccccc3)[nH]2)cc1. The summed E-state index contributed by atoms with van der Waals surface area (Å²) in [6.45, 7) is 2.11. The van der Waals surface area contributed by atoms with Gasteiger partial charge in [0.2, 0.25) is 0 Å². The lowest BCUT2D eigenvalue weighted by atomic mass is 10.0. The molecule has 0 radical (unpaired) electrons. The van der Waals surface area contributed by atoms with Crippen LogP contribution in [0, 0.1) is 6.92 Å². The third-order valence-corrected chi connectivity index (χ3v) is 4.33. The summed E-state index contributed by atoms with van der Waals surface area (Å²) < 4.78 is 0. The Balaban J connectivity index is 1.89. The van der Waals surface area contributed by atoms with Gasteiger partial charge in [-0.15, -0.1) is 0 Å². The van der Waals surface area contributed by atoms with E-state index in [9.17, 15) is 0 Å². The van der Waals surface area contributed by atoms with E-state index in [2.05, 4.69) is 103 Å². The molecule has 0 amide bonds. The van der Waals surface area contributed by atoms with Crippen LogP contribution in [0.15, 0.2) is 91.0 Å². The van der Waals surface area contributed by atoms with Crippen LogP contribution in [-0.2, 0) is 0 Å². The van der Waals surface area contributed by atoms with Crippen LogP contribution in [0.3, 0.4) is 0 Å². The molecule has 116 valence electrons. The summed E-state index contributed by atoms with van der Waals surface area (Å²) in [5.41, 5.74) is 8.46. The molecule has 1 nitrogen and oxygen atoms in total. The van der Waals surface area contributed by atoms with Crippen LogP contribution in [0.1, 0.15) is 5.56 Å². The first-order valence-corrected chi connectivity index (χ1v) is 8.22. The van der Waals surface area contributed by atoms with Gasteiger partial charge in [0.05, 0.1) is 5.69 Å². The minimum atomic E-state index is 1.15. The maximum atomic E-state index is 3.63. The predicted octanol–water partition coefficient (Wildman–Crippen LogP) is 6.32. The monoisotopic (exact) mass is 309 g/mol. The molecular formula is C23H19N. The summed E-state index contributed by atoms with van der Waals surface area (Å²) in [6, 6.07) is 32.0. The first kappa shape index (κ1) is 14.5. The van der Waals surface area contributed by atoms with Gasteiger partial charge in [0.25, 0.3) is 0 Å². The van der Waals surface area contributed by atoms with Crippen molar-refractivity contribution < 1.29 is 0 Å². The van der Waals surface area contributed by atoms with Gasteiger partial charge in [-0.1, -0.05) is 90.5 Å². The zero-order valence-electron chi connectivity index (χ0n) is 13.7. The normalized spacial score (nSPS) is 10.7. The van der Waals surface area contributed by atoms with E-state index in [0.717, 1.165) is 11.4 Å². The molecular weight excluding hydrogens is 290 g/mol. The van der Waals surface area contributed by atoms with E-state index in [4.69, 9.17) is 0 Å². The van der Waals surface area contributed by atoms with Gasteiger partial charge >= 0.3 is 0 Å². The van der Waals surface area contributed by atoms with Crippen molar-refractivity contribution in [2.45, 2.75) is 6.92 Å². The second-order valence-electron chi connectivity index (χ2n) is 6.07. The van der Waals surface area contributed by atoms with Gasteiger partial charge in [0.15, 0.2) is 0 Å². The third-order valence-electron chi connectivity index (χ3n) is 4.33. The van der Waals surface area contributed by atoms with Crippen LogP contribution < -0.4 is 0 Å². The number of hydrogen-bond acceptors (Lipinski definition) is 0. The van der Waals surface area contributed by atoms with E-state index in [0.29, 0.717) is 0 Å². The minimum Gasteiger partial charge on any atom is -0.354 e. The zero-order valence-corrected chi connectivity index (χ0v) is 13.7. The van der Waals surface area contributed by atoms with Crippen LogP contribution in [0.25, 0.3) is 33.6 Å². The molecule has 0 fully saturated rings. The average molecular weight is 309 g/mol. The second-order valence-corrected chi connectivity index (χ2v) is 6.07. The fraction of sp³-hybridized carbons (Fsp3) is 0.0435. The van der Waals surface area contributed by atoms with Gasteiger partial charge in [-0.05, 0) is 29.7 Å². The number of aryl methyl sites for hydroxylation is 1. The molecule has 1 aromatic heterocycles. The summed E-state index contributed by atoms with van der Waals surface area (Å²) in [5.74, 6) is 0. The Morgan fingerprint density at radius 1 is 0.583 bits per heavy atom. The Morgan fingerprint density at radius 2 is 1.17 bits per heavy atom. The number of nitrogens with one attached hydrogen (secondary N) is 1. The van der Waals surface area contributed by atoms with Gasteiger partial charge < -0.3 is 4.98 Å². The third kappa shape index (κ3) is 2.77. The van der Waals surface area contributed by atoms with Crippen molar-refractivity contribution in [2.24, 2.45) is 0 Å². The fourth-order valence-electron chi connectivity index (χ4n) is 3.02. The summed E-state index contributed by atoms with van der Waals surface area (Å²) in [6.07, 6.45) is 0. The highest BCUT2D eigenvalue weighted by Gasteiger charge is 2.12. The molecule has 0 bridgehead atoms. The van der Waals surface area contributed by atoms with E-state index in [1.807, 2.05) is 0 Å². The lowest BCUT2D eigenvalue weighted by Crippen LogP contribution is -1.82. The number of aromatic amines is 1. The Labute approximate surface area is 142 Å². The Bertz CT molecular complexity index is 876. The second kappa shape index (κ2) is 6.21. The van der Waals surface area contributed by atoms with Crippen LogP contribution in [0.5, 0.6) is 0 Å². The Morgan fingerprint density at radius 3 is 1.79 bits per heavy atom. The van der Waals surface area contributed by atoms with Gasteiger partial charge in [-0.2, -0.15) is 0 Å². The topological polar surface area (TPSA) is 15.8 Å². The fourth-order valence-corrected chi connectivity index (χ4v) is 3.02. The molecule has 0 aliphatic rings. The molecule has 0 aliphatic heterocycles. The maximum Gasteiger partial charge on any atom is 0.0538 e. The van der Waals surface area contributed by atoms with Crippen molar-refractivity contribution >= 4 is 0 Å². The Hall–Kier alpha value is -3.06. The molecule has 24 heavy (non-hydrogen) atoms. The van der Waals surface area contributed by atoms with E-state index in [-0.39, 0.29) is 0 Å². The highest BCUT2D eigenvalue weighted by atomic mass is 14.7. The summed E-state index contributed by atoms with van der Waals surface area (Å²) in [7, 11) is 0. The molecule has 3 aromatic carbocycles. The first-order chi connectivity index (χ1) is 11.8. The first-order valence-electron chi connectivity index (χ1n) is 8.22. The van der Waals surface area contributed by atoms with Gasteiger partial charge in [0, 0.05) is 11.3 Å². The summed E-state index contributed by atoms with van der Waals surface area (Å²) in [4.78, 5) is 3.63. The number of rotatable bonds is 3. The molecule has 0 aliphatic carbocycles. The quantitative estimate of drug-likeness (QED) is 0.455. The molecule has 1 N–H and O–H groups in total. The largest absolute Gasteiger partial charge is 0.354 e. The standard InChI is InChI=1S/C23H19N/c1-17-12-14-19(15-13-17)22-16-21(18-8-4-2-5-9-18)23(24-22)20-10-6-3-7-11-20/h2-16,24H,1H3. The van der Waals surface area contributed by atoms with Crippen molar-refractivity contribution in [3.63, 3.8) is 0 Å². The summed E-state index contributed by atoms with van der Waals surface area (Å²) in [5, 5.41) is 0. The minimum absolute atomic E-state index is 1.15. The van der Waals surface area contributed by atoms with Gasteiger partial charge in [-0.25, -0.2) is 0 Å². The predicted molar refractivity (Wildman–Crippen MR) is 102 cm³/mol. The van der Waals surface area contributed by atoms with Crippen LogP contribution in [-0.4, -0.2) is 4.98 Å². The van der Waals surface area contributed by atoms with E-state index < -0.39 is 0 Å². The molecule has 0 saturated carbocycles. The lowest BCUT2D eigenvalue weighted by molar-refractivity contribution is 1.38.